The van der Waals surface area contributed by atoms with Crippen LogP contribution in [0.2, 0.25) is 0 Å². The van der Waals surface area contributed by atoms with Crippen molar-refractivity contribution in [3.8, 4) is 5.75 Å². The van der Waals surface area contributed by atoms with Crippen molar-refractivity contribution in [3.05, 3.63) is 59.7 Å². The molecule has 2 atom stereocenters. The van der Waals surface area contributed by atoms with Crippen molar-refractivity contribution < 1.29 is 22.7 Å². The maximum Gasteiger partial charge on any atom is 0.244 e. The first-order valence-electron chi connectivity index (χ1n) is 12.2. The molecule has 2 amide bonds. The Morgan fingerprint density at radius 3 is 2.03 bits per heavy atom. The first-order valence-corrected chi connectivity index (χ1v) is 14.0. The summed E-state index contributed by atoms with van der Waals surface area (Å²) in [5, 5.41) is 2.92. The smallest absolute Gasteiger partial charge is 0.244 e. The number of methoxy groups -OCH3 is 1. The van der Waals surface area contributed by atoms with Crippen LogP contribution in [0.3, 0.4) is 0 Å². The van der Waals surface area contributed by atoms with Crippen molar-refractivity contribution >= 4 is 27.5 Å². The molecule has 0 aromatic heterocycles. The van der Waals surface area contributed by atoms with Crippen LogP contribution in [0.25, 0.3) is 0 Å². The number of amides is 2. The molecular weight excluding hydrogens is 478 g/mol. The first-order chi connectivity index (χ1) is 16.9. The molecule has 0 aliphatic rings. The van der Waals surface area contributed by atoms with Crippen LogP contribution >= 0.6 is 0 Å². The zero-order valence-electron chi connectivity index (χ0n) is 22.3. The van der Waals surface area contributed by atoms with Crippen LogP contribution in [-0.2, 0) is 26.2 Å². The summed E-state index contributed by atoms with van der Waals surface area (Å²) in [5.41, 5.74) is 2.26. The van der Waals surface area contributed by atoms with Gasteiger partial charge in [0.2, 0.25) is 21.8 Å². The van der Waals surface area contributed by atoms with E-state index in [4.69, 9.17) is 4.74 Å². The summed E-state index contributed by atoms with van der Waals surface area (Å²) in [6.45, 7) is 9.34. The topological polar surface area (TPSA) is 96.0 Å². The van der Waals surface area contributed by atoms with Gasteiger partial charge in [0.25, 0.3) is 0 Å². The Hall–Kier alpha value is -3.07. The molecule has 0 spiro atoms. The summed E-state index contributed by atoms with van der Waals surface area (Å²) < 4.78 is 31.7. The summed E-state index contributed by atoms with van der Waals surface area (Å²) in [5.74, 6) is 0.193. The Bertz CT molecular complexity index is 1120. The van der Waals surface area contributed by atoms with Gasteiger partial charge in [-0.15, -0.1) is 0 Å². The molecule has 0 saturated heterocycles. The molecule has 0 bridgehead atoms. The molecule has 0 aliphatic carbocycles. The standard InChI is InChI=1S/C27H39N3O5S/c1-8-20(4)28-27(32)21(5)29(17-22-9-15-25(35-6)16-10-22)26(31)18-30(36(7,33)34)24-13-11-23(12-14-24)19(2)3/h9-16,19-21H,8,17-18H2,1-7H3,(H,28,32)/t20-,21-/m0/s1. The molecule has 0 aliphatic heterocycles. The largest absolute Gasteiger partial charge is 0.497 e. The maximum absolute atomic E-state index is 13.6. The summed E-state index contributed by atoms with van der Waals surface area (Å²) in [6, 6.07) is 13.5. The molecular formula is C27H39N3O5S. The number of nitrogens with zero attached hydrogens (tertiary/aromatic N) is 2. The Morgan fingerprint density at radius 1 is 0.972 bits per heavy atom. The zero-order valence-corrected chi connectivity index (χ0v) is 23.1. The van der Waals surface area contributed by atoms with E-state index in [1.54, 1.807) is 38.3 Å². The normalized spacial score (nSPS) is 13.1. The lowest BCUT2D eigenvalue weighted by atomic mass is 10.0. The van der Waals surface area contributed by atoms with Gasteiger partial charge < -0.3 is 15.0 Å². The molecule has 0 fully saturated rings. The number of ether oxygens (including phenoxy) is 1. The number of nitrogens with one attached hydrogen (secondary N) is 1. The van der Waals surface area contributed by atoms with Gasteiger partial charge >= 0.3 is 0 Å². The second kappa shape index (κ2) is 12.8. The van der Waals surface area contributed by atoms with E-state index in [9.17, 15) is 18.0 Å². The van der Waals surface area contributed by atoms with Gasteiger partial charge in [0.05, 0.1) is 19.1 Å². The molecule has 9 heteroatoms. The molecule has 2 aromatic rings. The van der Waals surface area contributed by atoms with Gasteiger partial charge in [-0.05, 0) is 61.6 Å². The Labute approximate surface area is 215 Å². The van der Waals surface area contributed by atoms with Gasteiger partial charge in [0.15, 0.2) is 0 Å². The third-order valence-corrected chi connectivity index (χ3v) is 7.35. The van der Waals surface area contributed by atoms with Crippen LogP contribution in [0.4, 0.5) is 5.69 Å². The van der Waals surface area contributed by atoms with Crippen molar-refractivity contribution in [2.24, 2.45) is 0 Å². The Kier molecular flexibility index (Phi) is 10.3. The highest BCUT2D eigenvalue weighted by Crippen LogP contribution is 2.23. The molecule has 2 aromatic carbocycles. The van der Waals surface area contributed by atoms with E-state index in [0.29, 0.717) is 11.4 Å². The summed E-state index contributed by atoms with van der Waals surface area (Å²) in [6.07, 6.45) is 1.82. The fourth-order valence-electron chi connectivity index (χ4n) is 3.61. The zero-order chi connectivity index (χ0) is 27.0. The lowest BCUT2D eigenvalue weighted by Gasteiger charge is -2.32. The maximum atomic E-state index is 13.6. The van der Waals surface area contributed by atoms with Crippen molar-refractivity contribution in [1.82, 2.24) is 10.2 Å². The molecule has 36 heavy (non-hydrogen) atoms. The van der Waals surface area contributed by atoms with Crippen molar-refractivity contribution in [2.75, 3.05) is 24.2 Å². The van der Waals surface area contributed by atoms with Crippen molar-refractivity contribution in [1.29, 1.82) is 0 Å². The Morgan fingerprint density at radius 2 is 1.56 bits per heavy atom. The number of carbonyl (C=O) groups is 2. The number of anilines is 1. The summed E-state index contributed by atoms with van der Waals surface area (Å²) in [4.78, 5) is 28.0. The van der Waals surface area contributed by atoms with E-state index >= 15 is 0 Å². The van der Waals surface area contributed by atoms with Crippen molar-refractivity contribution in [3.63, 3.8) is 0 Å². The number of hydrogen-bond donors (Lipinski definition) is 1. The van der Waals surface area contributed by atoms with Crippen LogP contribution in [0.1, 0.15) is 58.1 Å². The van der Waals surface area contributed by atoms with Crippen LogP contribution in [0, 0.1) is 0 Å². The average molecular weight is 518 g/mol. The minimum absolute atomic E-state index is 0.0510. The SMILES string of the molecule is CC[C@H](C)NC(=O)[C@H](C)N(Cc1ccc(OC)cc1)C(=O)CN(c1ccc(C(C)C)cc1)S(C)(=O)=O. The number of sulfonamides is 1. The molecule has 0 unspecified atom stereocenters. The molecule has 1 N–H and O–H groups in total. The predicted molar refractivity (Wildman–Crippen MR) is 144 cm³/mol. The monoisotopic (exact) mass is 517 g/mol. The van der Waals surface area contributed by atoms with E-state index in [-0.39, 0.29) is 24.4 Å². The summed E-state index contributed by atoms with van der Waals surface area (Å²) >= 11 is 0. The number of rotatable bonds is 12. The van der Waals surface area contributed by atoms with Gasteiger partial charge in [-0.3, -0.25) is 13.9 Å². The second-order valence-electron chi connectivity index (χ2n) is 9.38. The van der Waals surface area contributed by atoms with Gasteiger partial charge in [-0.25, -0.2) is 8.42 Å². The fraction of sp³-hybridized carbons (Fsp3) is 0.481. The molecule has 198 valence electrons. The molecule has 0 heterocycles. The molecule has 2 rings (SSSR count). The lowest BCUT2D eigenvalue weighted by molar-refractivity contribution is -0.139. The van der Waals surface area contributed by atoms with E-state index < -0.39 is 28.5 Å². The second-order valence-corrected chi connectivity index (χ2v) is 11.3. The Balaban J connectivity index is 2.38. The minimum Gasteiger partial charge on any atom is -0.497 e. The quantitative estimate of drug-likeness (QED) is 0.460. The lowest BCUT2D eigenvalue weighted by Crippen LogP contribution is -2.52. The highest BCUT2D eigenvalue weighted by molar-refractivity contribution is 7.92. The van der Waals surface area contributed by atoms with Gasteiger partial charge in [0, 0.05) is 12.6 Å². The third-order valence-electron chi connectivity index (χ3n) is 6.21. The predicted octanol–water partition coefficient (Wildman–Crippen LogP) is 3.92. The first kappa shape index (κ1) is 29.2. The van der Waals surface area contributed by atoms with Crippen LogP contribution in [0.5, 0.6) is 5.75 Å². The highest BCUT2D eigenvalue weighted by Gasteiger charge is 2.30. The van der Waals surface area contributed by atoms with E-state index in [1.165, 1.54) is 4.90 Å². The van der Waals surface area contributed by atoms with E-state index in [2.05, 4.69) is 19.2 Å². The number of carbonyl (C=O) groups excluding carboxylic acids is 2. The van der Waals surface area contributed by atoms with Crippen LogP contribution in [0.15, 0.2) is 48.5 Å². The van der Waals surface area contributed by atoms with Crippen LogP contribution in [-0.4, -0.2) is 57.1 Å². The van der Waals surface area contributed by atoms with Crippen LogP contribution < -0.4 is 14.4 Å². The third kappa shape index (κ3) is 7.98. The highest BCUT2D eigenvalue weighted by atomic mass is 32.2. The number of hydrogen-bond acceptors (Lipinski definition) is 5. The minimum atomic E-state index is -3.76. The fourth-order valence-corrected chi connectivity index (χ4v) is 4.46. The van der Waals surface area contributed by atoms with E-state index in [1.807, 2.05) is 38.1 Å². The molecule has 0 radical (unpaired) electrons. The van der Waals surface area contributed by atoms with Crippen molar-refractivity contribution in [2.45, 2.75) is 65.6 Å². The van der Waals surface area contributed by atoms with E-state index in [0.717, 1.165) is 28.1 Å². The molecule has 0 saturated carbocycles. The number of benzene rings is 2. The summed E-state index contributed by atoms with van der Waals surface area (Å²) in [7, 11) is -2.19. The van der Waals surface area contributed by atoms with Gasteiger partial charge in [-0.2, -0.15) is 0 Å². The molecule has 8 nitrogen and oxygen atoms in total. The average Bonchev–Trinajstić information content (AvgIpc) is 2.84. The van der Waals surface area contributed by atoms with Gasteiger partial charge in [-0.1, -0.05) is 45.0 Å². The van der Waals surface area contributed by atoms with Gasteiger partial charge in [0.1, 0.15) is 18.3 Å².